The summed E-state index contributed by atoms with van der Waals surface area (Å²) in [6, 6.07) is 12.2. The van der Waals surface area contributed by atoms with Crippen LogP contribution < -0.4 is 5.32 Å². The van der Waals surface area contributed by atoms with Crippen molar-refractivity contribution in [3.63, 3.8) is 0 Å². The van der Waals surface area contributed by atoms with Crippen LogP contribution in [0.3, 0.4) is 0 Å². The summed E-state index contributed by atoms with van der Waals surface area (Å²) < 4.78 is 14.8. The maximum Gasteiger partial charge on any atom is 0.260 e. The molecule has 0 aliphatic heterocycles. The molecule has 0 saturated heterocycles. The molecule has 3 rings (SSSR count). The molecule has 4 nitrogen and oxygen atoms in total. The smallest absolute Gasteiger partial charge is 0.260 e. The Bertz CT molecular complexity index is 964. The van der Waals surface area contributed by atoms with E-state index in [9.17, 15) is 9.18 Å². The maximum atomic E-state index is 13.2. The highest BCUT2D eigenvalue weighted by Crippen LogP contribution is 2.24. The number of anilines is 1. The largest absolute Gasteiger partial charge is 0.322 e. The van der Waals surface area contributed by atoms with E-state index in [1.54, 1.807) is 18.5 Å². The third-order valence-electron chi connectivity index (χ3n) is 4.18. The van der Waals surface area contributed by atoms with Gasteiger partial charge in [0, 0.05) is 5.69 Å². The minimum absolute atomic E-state index is 0.278. The number of rotatable bonds is 4. The fraction of sp³-hybridized carbons (Fsp3) is 0.200. The molecule has 0 atom stereocenters. The lowest BCUT2D eigenvalue weighted by Crippen LogP contribution is -2.14. The average Bonchev–Trinajstić information content (AvgIpc) is 2.86. The van der Waals surface area contributed by atoms with Crippen molar-refractivity contribution in [2.45, 2.75) is 27.3 Å². The summed E-state index contributed by atoms with van der Waals surface area (Å²) >= 11 is 6.42. The van der Waals surface area contributed by atoms with Crippen LogP contribution in [0.15, 0.2) is 42.5 Å². The van der Waals surface area contributed by atoms with Crippen LogP contribution in [0, 0.1) is 26.6 Å². The lowest BCUT2D eigenvalue weighted by molar-refractivity contribution is 0.102. The Morgan fingerprint density at radius 3 is 2.50 bits per heavy atom. The van der Waals surface area contributed by atoms with Gasteiger partial charge in [0.2, 0.25) is 0 Å². The summed E-state index contributed by atoms with van der Waals surface area (Å²) in [5.41, 5.74) is 4.26. The third-order valence-corrected chi connectivity index (χ3v) is 4.57. The fourth-order valence-corrected chi connectivity index (χ4v) is 3.05. The molecule has 26 heavy (non-hydrogen) atoms. The van der Waals surface area contributed by atoms with E-state index in [0.717, 1.165) is 5.56 Å². The second kappa shape index (κ2) is 7.30. The molecule has 0 unspecified atom stereocenters. The molecule has 3 aromatic rings. The van der Waals surface area contributed by atoms with Crippen molar-refractivity contribution in [1.29, 1.82) is 0 Å². The summed E-state index contributed by atoms with van der Waals surface area (Å²) in [6.07, 6.45) is 0. The van der Waals surface area contributed by atoms with Gasteiger partial charge in [-0.3, -0.25) is 4.79 Å². The molecule has 0 aliphatic carbocycles. The molecule has 1 N–H and O–H groups in total. The van der Waals surface area contributed by atoms with Crippen LogP contribution >= 0.6 is 11.6 Å². The van der Waals surface area contributed by atoms with Crippen LogP contribution in [0.5, 0.6) is 0 Å². The Balaban J connectivity index is 1.84. The van der Waals surface area contributed by atoms with Crippen LogP contribution in [0.25, 0.3) is 0 Å². The molecular weight excluding hydrogens is 353 g/mol. The molecule has 1 heterocycles. The van der Waals surface area contributed by atoms with Crippen LogP contribution in [0.2, 0.25) is 5.15 Å². The van der Waals surface area contributed by atoms with Crippen molar-refractivity contribution < 1.29 is 9.18 Å². The van der Waals surface area contributed by atoms with Gasteiger partial charge < -0.3 is 5.32 Å². The van der Waals surface area contributed by atoms with Gasteiger partial charge in [-0.15, -0.1) is 0 Å². The third kappa shape index (κ3) is 3.78. The number of amides is 1. The summed E-state index contributed by atoms with van der Waals surface area (Å²) in [5.74, 6) is -0.710. The highest BCUT2D eigenvalue weighted by atomic mass is 35.5. The van der Waals surface area contributed by atoms with Gasteiger partial charge in [0.1, 0.15) is 11.0 Å². The van der Waals surface area contributed by atoms with E-state index < -0.39 is 0 Å². The summed E-state index contributed by atoms with van der Waals surface area (Å²) in [5, 5.41) is 7.45. The fourth-order valence-electron chi connectivity index (χ4n) is 2.73. The molecule has 0 radical (unpaired) electrons. The van der Waals surface area contributed by atoms with Gasteiger partial charge in [0.05, 0.1) is 17.8 Å². The highest BCUT2D eigenvalue weighted by Gasteiger charge is 2.21. The number of nitrogens with zero attached hydrogens (tertiary/aromatic N) is 2. The second-order valence-corrected chi connectivity index (χ2v) is 6.67. The zero-order valence-electron chi connectivity index (χ0n) is 14.8. The number of hydrogen-bond donors (Lipinski definition) is 1. The van der Waals surface area contributed by atoms with Crippen LogP contribution in [0.1, 0.15) is 32.7 Å². The Morgan fingerprint density at radius 1 is 1.15 bits per heavy atom. The molecule has 0 bridgehead atoms. The molecule has 1 aromatic heterocycles. The molecule has 134 valence electrons. The van der Waals surface area contributed by atoms with E-state index in [0.29, 0.717) is 29.1 Å². The number of carbonyl (C=O) groups is 1. The van der Waals surface area contributed by atoms with Crippen molar-refractivity contribution in [2.75, 3.05) is 5.32 Å². The van der Waals surface area contributed by atoms with Crippen molar-refractivity contribution in [3.8, 4) is 0 Å². The molecule has 1 amide bonds. The first-order valence-electron chi connectivity index (χ1n) is 8.21. The molecular formula is C20H19ClFN3O. The number of benzene rings is 2. The van der Waals surface area contributed by atoms with Gasteiger partial charge >= 0.3 is 0 Å². The minimum Gasteiger partial charge on any atom is -0.322 e. The first-order chi connectivity index (χ1) is 12.3. The SMILES string of the molecule is Cc1ccc(Cn2nc(C)c(C(=O)Nc3ccc(F)cc3C)c2Cl)cc1. The zero-order valence-corrected chi connectivity index (χ0v) is 15.6. The van der Waals surface area contributed by atoms with E-state index in [1.165, 1.54) is 23.8 Å². The van der Waals surface area contributed by atoms with Crippen LogP contribution in [-0.2, 0) is 6.54 Å². The molecule has 2 aromatic carbocycles. The quantitative estimate of drug-likeness (QED) is 0.708. The minimum atomic E-state index is -0.364. The number of carbonyl (C=O) groups excluding carboxylic acids is 1. The van der Waals surface area contributed by atoms with E-state index >= 15 is 0 Å². The predicted molar refractivity (Wildman–Crippen MR) is 101 cm³/mol. The van der Waals surface area contributed by atoms with Gasteiger partial charge in [-0.25, -0.2) is 9.07 Å². The lowest BCUT2D eigenvalue weighted by atomic mass is 10.1. The topological polar surface area (TPSA) is 46.9 Å². The van der Waals surface area contributed by atoms with E-state index in [-0.39, 0.29) is 16.9 Å². The van der Waals surface area contributed by atoms with Gasteiger partial charge in [-0.05, 0) is 50.1 Å². The Kier molecular flexibility index (Phi) is 5.09. The first-order valence-corrected chi connectivity index (χ1v) is 8.59. The Labute approximate surface area is 156 Å². The van der Waals surface area contributed by atoms with E-state index in [1.807, 2.05) is 31.2 Å². The first kappa shape index (κ1) is 18.1. The van der Waals surface area contributed by atoms with Gasteiger partial charge in [-0.1, -0.05) is 41.4 Å². The number of aromatic nitrogens is 2. The summed E-state index contributed by atoms with van der Waals surface area (Å²) in [4.78, 5) is 12.7. The number of halogens is 2. The number of hydrogen-bond acceptors (Lipinski definition) is 2. The maximum absolute atomic E-state index is 13.2. The molecule has 0 saturated carbocycles. The van der Waals surface area contributed by atoms with Crippen LogP contribution in [0.4, 0.5) is 10.1 Å². The van der Waals surface area contributed by atoms with Gasteiger partial charge in [0.25, 0.3) is 5.91 Å². The van der Waals surface area contributed by atoms with Crippen molar-refractivity contribution in [2.24, 2.45) is 0 Å². The Hall–Kier alpha value is -2.66. The molecule has 6 heteroatoms. The van der Waals surface area contributed by atoms with E-state index in [4.69, 9.17) is 11.6 Å². The monoisotopic (exact) mass is 371 g/mol. The van der Waals surface area contributed by atoms with Gasteiger partial charge in [-0.2, -0.15) is 5.10 Å². The highest BCUT2D eigenvalue weighted by molar-refractivity contribution is 6.33. The summed E-state index contributed by atoms with van der Waals surface area (Å²) in [7, 11) is 0. The lowest BCUT2D eigenvalue weighted by Gasteiger charge is -2.08. The normalized spacial score (nSPS) is 10.8. The predicted octanol–water partition coefficient (Wildman–Crippen LogP) is 4.90. The van der Waals surface area contributed by atoms with Crippen molar-refractivity contribution >= 4 is 23.2 Å². The standard InChI is InChI=1S/C20H19ClFN3O/c1-12-4-6-15(7-5-12)11-25-19(21)18(14(3)24-25)20(26)23-17-9-8-16(22)10-13(17)2/h4-10H,11H2,1-3H3,(H,23,26). The number of aryl methyl sites for hydroxylation is 3. The van der Waals surface area contributed by atoms with Crippen molar-refractivity contribution in [3.05, 3.63) is 81.4 Å². The molecule has 0 spiro atoms. The van der Waals surface area contributed by atoms with Crippen LogP contribution in [-0.4, -0.2) is 15.7 Å². The van der Waals surface area contributed by atoms with Gasteiger partial charge in [0.15, 0.2) is 0 Å². The average molecular weight is 372 g/mol. The second-order valence-electron chi connectivity index (χ2n) is 6.31. The zero-order chi connectivity index (χ0) is 18.8. The number of nitrogens with one attached hydrogen (secondary N) is 1. The summed E-state index contributed by atoms with van der Waals surface area (Å²) in [6.45, 7) is 5.97. The molecule has 0 aliphatic rings. The van der Waals surface area contributed by atoms with Crippen molar-refractivity contribution in [1.82, 2.24) is 9.78 Å². The molecule has 0 fully saturated rings. The van der Waals surface area contributed by atoms with E-state index in [2.05, 4.69) is 10.4 Å². The Morgan fingerprint density at radius 2 is 1.85 bits per heavy atom.